The van der Waals surface area contributed by atoms with E-state index in [0.717, 1.165) is 58.1 Å². The Morgan fingerprint density at radius 3 is 2.74 bits per heavy atom. The van der Waals surface area contributed by atoms with Gasteiger partial charge in [0.2, 0.25) is 0 Å². The van der Waals surface area contributed by atoms with Gasteiger partial charge in [-0.25, -0.2) is 9.97 Å². The van der Waals surface area contributed by atoms with Crippen molar-refractivity contribution in [3.8, 4) is 28.3 Å². The van der Waals surface area contributed by atoms with Crippen molar-refractivity contribution >= 4 is 16.7 Å². The maximum Gasteiger partial charge on any atom is 0.132 e. The number of pyridine rings is 1. The number of methoxy groups -OCH3 is 1. The van der Waals surface area contributed by atoms with Crippen LogP contribution in [0.15, 0.2) is 49.1 Å². The quantitative estimate of drug-likeness (QED) is 0.542. The number of hydrogen-bond acceptors (Lipinski definition) is 7. The minimum Gasteiger partial charge on any atom is -0.496 e. The molecule has 0 spiro atoms. The van der Waals surface area contributed by atoms with Crippen LogP contribution in [0, 0.1) is 0 Å². The molecule has 1 N–H and O–H groups in total. The fourth-order valence-corrected chi connectivity index (χ4v) is 4.17. The first kappa shape index (κ1) is 19.4. The Bertz CT molecular complexity index is 1210. The number of fused-ring (bicyclic) bond motifs is 1. The van der Waals surface area contributed by atoms with Gasteiger partial charge in [-0.3, -0.25) is 10.1 Å². The van der Waals surface area contributed by atoms with Crippen LogP contribution in [0.5, 0.6) is 5.75 Å². The molecule has 1 aromatic carbocycles. The van der Waals surface area contributed by atoms with Gasteiger partial charge in [-0.2, -0.15) is 5.10 Å². The maximum atomic E-state index is 5.85. The lowest BCUT2D eigenvalue weighted by atomic mass is 10.0. The molecule has 4 aromatic rings. The molecule has 0 bridgehead atoms. The summed E-state index contributed by atoms with van der Waals surface area (Å²) in [5.74, 6) is 1.66. The van der Waals surface area contributed by atoms with Crippen LogP contribution in [0.2, 0.25) is 0 Å². The standard InChI is InChI=1S/C23H24N6O2/c1-14-11-29(12-15(2)31-14)22-9-20(25-13-26-22)23-17-8-16(4-5-19(17)27-28-23)18-10-24-7-6-21(18)30-3/h4-10,13-15H,11-12H2,1-3H3,(H,27,28)/t14-,15?/m1/s1. The molecule has 0 radical (unpaired) electrons. The molecular weight excluding hydrogens is 392 g/mol. The zero-order valence-corrected chi connectivity index (χ0v) is 17.7. The van der Waals surface area contributed by atoms with Crippen molar-refractivity contribution in [1.29, 1.82) is 0 Å². The molecule has 0 aliphatic carbocycles. The largest absolute Gasteiger partial charge is 0.496 e. The number of nitrogens with zero attached hydrogens (tertiary/aromatic N) is 5. The first-order chi connectivity index (χ1) is 15.1. The van der Waals surface area contributed by atoms with E-state index in [-0.39, 0.29) is 12.2 Å². The van der Waals surface area contributed by atoms with Crippen molar-refractivity contribution < 1.29 is 9.47 Å². The number of benzene rings is 1. The number of rotatable bonds is 4. The van der Waals surface area contributed by atoms with E-state index < -0.39 is 0 Å². The van der Waals surface area contributed by atoms with Crippen LogP contribution in [0.4, 0.5) is 5.82 Å². The summed E-state index contributed by atoms with van der Waals surface area (Å²) in [6, 6.07) is 10.00. The van der Waals surface area contributed by atoms with Crippen molar-refractivity contribution in [3.05, 3.63) is 49.1 Å². The minimum absolute atomic E-state index is 0.158. The molecule has 1 aliphatic rings. The number of nitrogens with one attached hydrogen (secondary N) is 1. The Balaban J connectivity index is 1.55. The Morgan fingerprint density at radius 2 is 1.94 bits per heavy atom. The molecule has 8 heteroatoms. The number of hydrogen-bond donors (Lipinski definition) is 1. The van der Waals surface area contributed by atoms with Crippen LogP contribution in [0.3, 0.4) is 0 Å². The second kappa shape index (κ2) is 7.96. The molecule has 8 nitrogen and oxygen atoms in total. The average Bonchev–Trinajstić information content (AvgIpc) is 3.22. The van der Waals surface area contributed by atoms with Crippen LogP contribution >= 0.6 is 0 Å². The van der Waals surface area contributed by atoms with E-state index in [1.807, 2.05) is 30.5 Å². The van der Waals surface area contributed by atoms with Crippen molar-refractivity contribution in [2.75, 3.05) is 25.1 Å². The molecule has 3 aromatic heterocycles. The summed E-state index contributed by atoms with van der Waals surface area (Å²) in [6.45, 7) is 5.76. The predicted octanol–water partition coefficient (Wildman–Crippen LogP) is 3.70. The van der Waals surface area contributed by atoms with Crippen LogP contribution in [-0.4, -0.2) is 57.6 Å². The molecule has 158 valence electrons. The van der Waals surface area contributed by atoms with Gasteiger partial charge in [-0.1, -0.05) is 6.07 Å². The summed E-state index contributed by atoms with van der Waals surface area (Å²) in [5, 5.41) is 8.65. The Kier molecular flexibility index (Phi) is 4.99. The van der Waals surface area contributed by atoms with Gasteiger partial charge in [0.1, 0.15) is 23.6 Å². The minimum atomic E-state index is 0.158. The molecule has 1 unspecified atom stereocenters. The van der Waals surface area contributed by atoms with Gasteiger partial charge in [-0.15, -0.1) is 0 Å². The lowest BCUT2D eigenvalue weighted by Gasteiger charge is -2.36. The van der Waals surface area contributed by atoms with Crippen LogP contribution in [-0.2, 0) is 4.74 Å². The van der Waals surface area contributed by atoms with Crippen molar-refractivity contribution in [3.63, 3.8) is 0 Å². The van der Waals surface area contributed by atoms with Crippen molar-refractivity contribution in [2.24, 2.45) is 0 Å². The van der Waals surface area contributed by atoms with E-state index in [9.17, 15) is 0 Å². The highest BCUT2D eigenvalue weighted by Crippen LogP contribution is 2.34. The van der Waals surface area contributed by atoms with E-state index in [2.05, 4.69) is 50.0 Å². The third-order valence-electron chi connectivity index (χ3n) is 5.51. The summed E-state index contributed by atoms with van der Waals surface area (Å²) in [5.41, 5.74) is 4.44. The summed E-state index contributed by atoms with van der Waals surface area (Å²) in [7, 11) is 1.66. The number of anilines is 1. The van der Waals surface area contributed by atoms with Gasteiger partial charge in [0.15, 0.2) is 0 Å². The number of morpholine rings is 1. The van der Waals surface area contributed by atoms with Crippen molar-refractivity contribution in [2.45, 2.75) is 26.1 Å². The third-order valence-corrected chi connectivity index (χ3v) is 5.51. The SMILES string of the molecule is COc1ccncc1-c1ccc2[nH]nc(-c3cc(N4CC(C)O[C@H](C)C4)ncn3)c2c1. The van der Waals surface area contributed by atoms with E-state index in [1.54, 1.807) is 19.6 Å². The topological polar surface area (TPSA) is 89.0 Å². The maximum absolute atomic E-state index is 5.85. The number of H-pyrrole nitrogens is 1. The van der Waals surface area contributed by atoms with Gasteiger partial charge >= 0.3 is 0 Å². The fraction of sp³-hybridized carbons (Fsp3) is 0.304. The molecule has 5 rings (SSSR count). The monoisotopic (exact) mass is 416 g/mol. The average molecular weight is 416 g/mol. The van der Waals surface area contributed by atoms with Gasteiger partial charge in [0, 0.05) is 42.5 Å². The number of aromatic amines is 1. The molecule has 2 atom stereocenters. The second-order valence-electron chi connectivity index (χ2n) is 7.83. The van der Waals surface area contributed by atoms with Gasteiger partial charge < -0.3 is 14.4 Å². The van der Waals surface area contributed by atoms with E-state index in [1.165, 1.54) is 0 Å². The number of aromatic nitrogens is 5. The van der Waals surface area contributed by atoms with Gasteiger partial charge in [-0.05, 0) is 37.6 Å². The molecule has 4 heterocycles. The smallest absolute Gasteiger partial charge is 0.132 e. The first-order valence-electron chi connectivity index (χ1n) is 10.3. The Labute approximate surface area is 180 Å². The summed E-state index contributed by atoms with van der Waals surface area (Å²) < 4.78 is 11.4. The zero-order chi connectivity index (χ0) is 21.4. The van der Waals surface area contributed by atoms with Crippen LogP contribution in [0.1, 0.15) is 13.8 Å². The fourth-order valence-electron chi connectivity index (χ4n) is 4.17. The summed E-state index contributed by atoms with van der Waals surface area (Å²) in [4.78, 5) is 15.5. The summed E-state index contributed by atoms with van der Waals surface area (Å²) in [6.07, 6.45) is 5.45. The van der Waals surface area contributed by atoms with Gasteiger partial charge in [0.05, 0.1) is 30.5 Å². The molecule has 0 amide bonds. The van der Waals surface area contributed by atoms with Gasteiger partial charge in [0.25, 0.3) is 0 Å². The molecule has 1 fully saturated rings. The lowest BCUT2D eigenvalue weighted by molar-refractivity contribution is -0.00546. The molecule has 31 heavy (non-hydrogen) atoms. The Morgan fingerprint density at radius 1 is 1.10 bits per heavy atom. The highest BCUT2D eigenvalue weighted by atomic mass is 16.5. The molecule has 1 saturated heterocycles. The number of ether oxygens (including phenoxy) is 2. The lowest BCUT2D eigenvalue weighted by Crippen LogP contribution is -2.45. The first-order valence-corrected chi connectivity index (χ1v) is 10.3. The van der Waals surface area contributed by atoms with Crippen molar-refractivity contribution in [1.82, 2.24) is 25.1 Å². The zero-order valence-electron chi connectivity index (χ0n) is 17.7. The molecule has 1 aliphatic heterocycles. The van der Waals surface area contributed by atoms with Crippen LogP contribution in [0.25, 0.3) is 33.4 Å². The van der Waals surface area contributed by atoms with Crippen LogP contribution < -0.4 is 9.64 Å². The third kappa shape index (κ3) is 3.70. The second-order valence-corrected chi connectivity index (χ2v) is 7.83. The Hall–Kier alpha value is -3.52. The summed E-state index contributed by atoms with van der Waals surface area (Å²) >= 11 is 0. The highest BCUT2D eigenvalue weighted by Gasteiger charge is 2.24. The highest BCUT2D eigenvalue weighted by molar-refractivity contribution is 5.95. The molecule has 0 saturated carbocycles. The normalized spacial score (nSPS) is 19.0. The molecular formula is C23H24N6O2. The predicted molar refractivity (Wildman–Crippen MR) is 119 cm³/mol. The van der Waals surface area contributed by atoms with E-state index in [4.69, 9.17) is 9.47 Å². The van der Waals surface area contributed by atoms with E-state index in [0.29, 0.717) is 0 Å². The van der Waals surface area contributed by atoms with E-state index >= 15 is 0 Å².